The Morgan fingerprint density at radius 1 is 1.07 bits per heavy atom. The first-order valence-electron chi connectivity index (χ1n) is 10.1. The van der Waals surface area contributed by atoms with Crippen LogP contribution in [0, 0.1) is 0 Å². The number of hydrogen-bond donors (Lipinski definition) is 3. The number of nitrogens with zero attached hydrogens (tertiary/aromatic N) is 1. The number of guanidine groups is 1. The maximum Gasteiger partial charge on any atom is 0.191 e. The summed E-state index contributed by atoms with van der Waals surface area (Å²) in [5.41, 5.74) is 3.04. The Balaban J connectivity index is 0.00000450. The lowest BCUT2D eigenvalue weighted by atomic mass is 10.1. The van der Waals surface area contributed by atoms with E-state index in [2.05, 4.69) is 21.7 Å². The molecule has 0 fully saturated rings. The third kappa shape index (κ3) is 8.89. The first-order chi connectivity index (χ1) is 14.0. The molecule has 7 heteroatoms. The molecule has 0 aliphatic heterocycles. The normalized spacial score (nSPS) is 12.3. The number of halogens is 1. The maximum atomic E-state index is 10.6. The molecule has 0 amide bonds. The third-order valence-electron chi connectivity index (χ3n) is 4.25. The van der Waals surface area contributed by atoms with E-state index < -0.39 is 6.10 Å². The molecule has 0 aliphatic rings. The minimum atomic E-state index is -0.671. The van der Waals surface area contributed by atoms with Crippen molar-refractivity contribution in [3.8, 4) is 5.75 Å². The average molecular weight is 527 g/mol. The molecule has 0 radical (unpaired) electrons. The Morgan fingerprint density at radius 3 is 2.47 bits per heavy atom. The number of ether oxygens (including phenoxy) is 2. The number of aliphatic imine (C=N–C) groups is 1. The highest BCUT2D eigenvalue weighted by Crippen LogP contribution is 2.20. The molecule has 6 nitrogen and oxygen atoms in total. The SMILES string of the molecule is CCNC(=NCc1ccccc1COC)NCC(O)c1cccc(OC(C)C)c1.I. The summed E-state index contributed by atoms with van der Waals surface area (Å²) >= 11 is 0. The number of benzene rings is 2. The van der Waals surface area contributed by atoms with Crippen molar-refractivity contribution in [2.45, 2.75) is 46.1 Å². The maximum absolute atomic E-state index is 10.6. The van der Waals surface area contributed by atoms with Crippen molar-refractivity contribution in [1.29, 1.82) is 0 Å². The molecule has 0 saturated heterocycles. The number of methoxy groups -OCH3 is 1. The van der Waals surface area contributed by atoms with Crippen molar-refractivity contribution in [3.63, 3.8) is 0 Å². The van der Waals surface area contributed by atoms with E-state index in [-0.39, 0.29) is 30.1 Å². The monoisotopic (exact) mass is 527 g/mol. The lowest BCUT2D eigenvalue weighted by Crippen LogP contribution is -2.39. The summed E-state index contributed by atoms with van der Waals surface area (Å²) in [6, 6.07) is 15.6. The highest BCUT2D eigenvalue weighted by molar-refractivity contribution is 14.0. The molecule has 2 aromatic carbocycles. The van der Waals surface area contributed by atoms with Gasteiger partial charge in [0.15, 0.2) is 5.96 Å². The molecular formula is C23H34IN3O3. The Morgan fingerprint density at radius 2 is 1.80 bits per heavy atom. The molecule has 0 aromatic heterocycles. The van der Waals surface area contributed by atoms with E-state index in [0.717, 1.165) is 29.0 Å². The first-order valence-corrected chi connectivity index (χ1v) is 10.1. The summed E-state index contributed by atoms with van der Waals surface area (Å²) in [7, 11) is 1.69. The number of nitrogens with one attached hydrogen (secondary N) is 2. The zero-order chi connectivity index (χ0) is 21.1. The summed E-state index contributed by atoms with van der Waals surface area (Å²) in [6.45, 7) is 8.14. The van der Waals surface area contributed by atoms with Crippen LogP contribution in [0.4, 0.5) is 0 Å². The molecule has 1 atom stereocenters. The van der Waals surface area contributed by atoms with E-state index in [9.17, 15) is 5.11 Å². The predicted molar refractivity (Wildman–Crippen MR) is 133 cm³/mol. The van der Waals surface area contributed by atoms with Gasteiger partial charge in [-0.15, -0.1) is 24.0 Å². The van der Waals surface area contributed by atoms with Gasteiger partial charge in [-0.3, -0.25) is 0 Å². The highest BCUT2D eigenvalue weighted by Gasteiger charge is 2.10. The van der Waals surface area contributed by atoms with Crippen LogP contribution in [0.3, 0.4) is 0 Å². The van der Waals surface area contributed by atoms with Crippen LogP contribution in [0.25, 0.3) is 0 Å². The van der Waals surface area contributed by atoms with E-state index >= 15 is 0 Å². The molecule has 0 aliphatic carbocycles. The van der Waals surface area contributed by atoms with Gasteiger partial charge in [0, 0.05) is 20.2 Å². The van der Waals surface area contributed by atoms with Gasteiger partial charge in [0.25, 0.3) is 0 Å². The molecule has 30 heavy (non-hydrogen) atoms. The summed E-state index contributed by atoms with van der Waals surface area (Å²) in [5.74, 6) is 1.42. The van der Waals surface area contributed by atoms with Crippen molar-refractivity contribution in [1.82, 2.24) is 10.6 Å². The summed E-state index contributed by atoms with van der Waals surface area (Å²) in [6.07, 6.45) is -0.579. The Labute approximate surface area is 197 Å². The topological polar surface area (TPSA) is 75.1 Å². The molecule has 0 bridgehead atoms. The quantitative estimate of drug-likeness (QED) is 0.247. The van der Waals surface area contributed by atoms with Crippen LogP contribution in [0.2, 0.25) is 0 Å². The van der Waals surface area contributed by atoms with E-state index in [1.807, 2.05) is 63.2 Å². The van der Waals surface area contributed by atoms with E-state index in [1.54, 1.807) is 7.11 Å². The molecule has 0 spiro atoms. The van der Waals surface area contributed by atoms with Crippen LogP contribution in [-0.4, -0.2) is 37.4 Å². The van der Waals surface area contributed by atoms with Crippen molar-refractivity contribution in [2.24, 2.45) is 4.99 Å². The van der Waals surface area contributed by atoms with Gasteiger partial charge < -0.3 is 25.2 Å². The van der Waals surface area contributed by atoms with Gasteiger partial charge >= 0.3 is 0 Å². The lowest BCUT2D eigenvalue weighted by Gasteiger charge is -2.17. The van der Waals surface area contributed by atoms with Gasteiger partial charge in [0.2, 0.25) is 0 Å². The zero-order valence-electron chi connectivity index (χ0n) is 18.2. The standard InChI is InChI=1S/C23H33N3O3.HI/c1-5-24-23(25-14-19-9-6-7-10-20(19)16-28-4)26-15-22(27)18-11-8-12-21(13-18)29-17(2)3;/h6-13,17,22,27H,5,14-16H2,1-4H3,(H2,24,25,26);1H. The minimum Gasteiger partial charge on any atom is -0.491 e. The molecule has 166 valence electrons. The molecule has 0 saturated carbocycles. The van der Waals surface area contributed by atoms with Crippen LogP contribution < -0.4 is 15.4 Å². The third-order valence-corrected chi connectivity index (χ3v) is 4.25. The van der Waals surface area contributed by atoms with E-state index in [1.165, 1.54) is 0 Å². The molecule has 3 N–H and O–H groups in total. The van der Waals surface area contributed by atoms with Crippen molar-refractivity contribution >= 4 is 29.9 Å². The lowest BCUT2D eigenvalue weighted by molar-refractivity contribution is 0.179. The predicted octanol–water partition coefficient (Wildman–Crippen LogP) is 4.03. The van der Waals surface area contributed by atoms with Crippen LogP contribution in [0.15, 0.2) is 53.5 Å². The van der Waals surface area contributed by atoms with Crippen LogP contribution in [0.5, 0.6) is 5.75 Å². The summed E-state index contributed by atoms with van der Waals surface area (Å²) < 4.78 is 11.0. The van der Waals surface area contributed by atoms with Gasteiger partial charge in [-0.05, 0) is 49.6 Å². The van der Waals surface area contributed by atoms with Crippen LogP contribution >= 0.6 is 24.0 Å². The van der Waals surface area contributed by atoms with Crippen molar-refractivity contribution in [3.05, 3.63) is 65.2 Å². The van der Waals surface area contributed by atoms with E-state index in [0.29, 0.717) is 25.7 Å². The molecule has 2 aromatic rings. The molecule has 2 rings (SSSR count). The van der Waals surface area contributed by atoms with Gasteiger partial charge in [-0.2, -0.15) is 0 Å². The minimum absolute atomic E-state index is 0. The number of aliphatic hydroxyl groups is 1. The van der Waals surface area contributed by atoms with Crippen LogP contribution in [-0.2, 0) is 17.9 Å². The Hall–Kier alpha value is -1.84. The zero-order valence-corrected chi connectivity index (χ0v) is 20.6. The first kappa shape index (κ1) is 26.2. The summed E-state index contributed by atoms with van der Waals surface area (Å²) in [5, 5.41) is 17.0. The Bertz CT molecular complexity index is 784. The van der Waals surface area contributed by atoms with Crippen LogP contribution in [0.1, 0.15) is 43.6 Å². The number of rotatable bonds is 10. The molecule has 1 unspecified atom stereocenters. The second-order valence-electron chi connectivity index (χ2n) is 7.03. The second-order valence-corrected chi connectivity index (χ2v) is 7.03. The fourth-order valence-electron chi connectivity index (χ4n) is 2.89. The molecule has 0 heterocycles. The van der Waals surface area contributed by atoms with E-state index in [4.69, 9.17) is 9.47 Å². The fraction of sp³-hybridized carbons (Fsp3) is 0.435. The van der Waals surface area contributed by atoms with Gasteiger partial charge in [-0.1, -0.05) is 36.4 Å². The fourth-order valence-corrected chi connectivity index (χ4v) is 2.89. The van der Waals surface area contributed by atoms with Gasteiger partial charge in [-0.25, -0.2) is 4.99 Å². The highest BCUT2D eigenvalue weighted by atomic mass is 127. The largest absolute Gasteiger partial charge is 0.491 e. The van der Waals surface area contributed by atoms with Gasteiger partial charge in [0.1, 0.15) is 5.75 Å². The smallest absolute Gasteiger partial charge is 0.191 e. The number of hydrogen-bond acceptors (Lipinski definition) is 4. The number of aliphatic hydroxyl groups excluding tert-OH is 1. The summed E-state index contributed by atoms with van der Waals surface area (Å²) in [4.78, 5) is 4.65. The van der Waals surface area contributed by atoms with Crippen molar-refractivity contribution in [2.75, 3.05) is 20.2 Å². The molecular weight excluding hydrogens is 493 g/mol. The second kappa shape index (κ2) is 14.2. The Kier molecular flexibility index (Phi) is 12.4. The van der Waals surface area contributed by atoms with Gasteiger partial charge in [0.05, 0.1) is 25.4 Å². The van der Waals surface area contributed by atoms with Crippen molar-refractivity contribution < 1.29 is 14.6 Å². The average Bonchev–Trinajstić information content (AvgIpc) is 2.70.